The van der Waals surface area contributed by atoms with Crippen LogP contribution in [0.1, 0.15) is 63.3 Å². The number of rotatable bonds is 6. The van der Waals surface area contributed by atoms with Crippen molar-refractivity contribution in [2.45, 2.75) is 66.5 Å². The highest BCUT2D eigenvalue weighted by atomic mass is 19.1. The molecule has 8 heteroatoms. The second kappa shape index (κ2) is 10.1. The molecule has 0 bridgehead atoms. The Hall–Kier alpha value is -3.42. The SMILES string of the molecule is CCN(C(=O)c1cc(F)ccc1-c1cc(CC2CN(C(=O)OC(C)(C)C)C2)n2c(C)cncc12)C(C)C. The highest BCUT2D eigenvalue weighted by Crippen LogP contribution is 2.34. The third-order valence-electron chi connectivity index (χ3n) is 6.76. The summed E-state index contributed by atoms with van der Waals surface area (Å²) < 4.78 is 22.0. The highest BCUT2D eigenvalue weighted by molar-refractivity contribution is 6.03. The molecule has 2 amide bonds. The minimum Gasteiger partial charge on any atom is -0.444 e. The second-order valence-electron chi connectivity index (χ2n) is 11.1. The molecule has 1 aliphatic rings. The van der Waals surface area contributed by atoms with E-state index in [-0.39, 0.29) is 24.0 Å². The van der Waals surface area contributed by atoms with E-state index < -0.39 is 11.4 Å². The largest absolute Gasteiger partial charge is 0.444 e. The number of ether oxygens (including phenoxy) is 1. The van der Waals surface area contributed by atoms with E-state index in [1.807, 2.05) is 54.7 Å². The molecule has 4 rings (SSSR count). The van der Waals surface area contributed by atoms with Gasteiger partial charge in [-0.05, 0) is 84.6 Å². The van der Waals surface area contributed by atoms with Crippen molar-refractivity contribution in [3.8, 4) is 11.1 Å². The quantitative estimate of drug-likeness (QED) is 0.427. The number of hydrogen-bond acceptors (Lipinski definition) is 4. The molecule has 0 N–H and O–H groups in total. The molecule has 0 spiro atoms. The number of fused-ring (bicyclic) bond motifs is 1. The van der Waals surface area contributed by atoms with Crippen molar-refractivity contribution < 1.29 is 18.7 Å². The zero-order chi connectivity index (χ0) is 27.1. The van der Waals surface area contributed by atoms with Crippen molar-refractivity contribution in [1.82, 2.24) is 19.2 Å². The first-order valence-corrected chi connectivity index (χ1v) is 12.9. The minimum absolute atomic E-state index is 0.00888. The molecule has 198 valence electrons. The summed E-state index contributed by atoms with van der Waals surface area (Å²) in [5, 5.41) is 0. The normalized spacial score (nSPS) is 14.2. The van der Waals surface area contributed by atoms with Gasteiger partial charge in [0.15, 0.2) is 0 Å². The molecular formula is C29H37FN4O3. The fraction of sp³-hybridized carbons (Fsp3) is 0.483. The number of carbonyl (C=O) groups excluding carboxylic acids is 2. The summed E-state index contributed by atoms with van der Waals surface area (Å²) in [6, 6.07) is 6.49. The Kier molecular flexibility index (Phi) is 7.31. The van der Waals surface area contributed by atoms with Gasteiger partial charge in [-0.25, -0.2) is 9.18 Å². The fourth-order valence-corrected chi connectivity index (χ4v) is 5.06. The molecule has 7 nitrogen and oxygen atoms in total. The van der Waals surface area contributed by atoms with Crippen LogP contribution in [-0.2, 0) is 11.2 Å². The van der Waals surface area contributed by atoms with Crippen LogP contribution >= 0.6 is 0 Å². The lowest BCUT2D eigenvalue weighted by Gasteiger charge is -2.39. The smallest absolute Gasteiger partial charge is 0.410 e. The van der Waals surface area contributed by atoms with Crippen molar-refractivity contribution in [1.29, 1.82) is 0 Å². The van der Waals surface area contributed by atoms with Crippen LogP contribution in [0.25, 0.3) is 16.6 Å². The predicted octanol–water partition coefficient (Wildman–Crippen LogP) is 5.73. The summed E-state index contributed by atoms with van der Waals surface area (Å²) in [4.78, 5) is 33.7. The van der Waals surface area contributed by atoms with Gasteiger partial charge in [-0.1, -0.05) is 6.07 Å². The Morgan fingerprint density at radius 2 is 1.86 bits per heavy atom. The van der Waals surface area contributed by atoms with E-state index >= 15 is 0 Å². The van der Waals surface area contributed by atoms with Crippen LogP contribution in [0, 0.1) is 18.7 Å². The second-order valence-corrected chi connectivity index (χ2v) is 11.1. The Morgan fingerprint density at radius 3 is 2.49 bits per heavy atom. The molecule has 3 aromatic rings. The molecular weight excluding hydrogens is 471 g/mol. The van der Waals surface area contributed by atoms with E-state index in [2.05, 4.69) is 15.5 Å². The van der Waals surface area contributed by atoms with Gasteiger partial charge in [0.1, 0.15) is 11.4 Å². The number of likely N-dealkylation sites (tertiary alicyclic amines) is 1. The van der Waals surface area contributed by atoms with Crippen LogP contribution in [0.3, 0.4) is 0 Å². The number of hydrogen-bond donors (Lipinski definition) is 0. The average Bonchev–Trinajstić information content (AvgIpc) is 3.14. The lowest BCUT2D eigenvalue weighted by atomic mass is 9.94. The van der Waals surface area contributed by atoms with Gasteiger partial charge >= 0.3 is 6.09 Å². The Bertz CT molecular complexity index is 1320. The first kappa shape index (κ1) is 26.6. The van der Waals surface area contributed by atoms with Gasteiger partial charge < -0.3 is 18.9 Å². The number of benzene rings is 1. The summed E-state index contributed by atoms with van der Waals surface area (Å²) in [5.74, 6) is -0.348. The highest BCUT2D eigenvalue weighted by Gasteiger charge is 2.34. The monoisotopic (exact) mass is 508 g/mol. The Labute approximate surface area is 218 Å². The number of aryl methyl sites for hydroxylation is 1. The molecule has 1 saturated heterocycles. The third-order valence-corrected chi connectivity index (χ3v) is 6.76. The molecule has 1 fully saturated rings. The Morgan fingerprint density at radius 1 is 1.16 bits per heavy atom. The van der Waals surface area contributed by atoms with E-state index in [1.165, 1.54) is 12.1 Å². The standard InChI is InChI=1S/C29H37FN4O3/c1-8-33(18(2)3)27(35)25-12-21(30)9-10-23(25)24-13-22(34-19(4)14-31-15-26(24)34)11-20-16-32(17-20)28(36)37-29(5,6)7/h9-10,12-15,18,20H,8,11,16-17H2,1-7H3. The van der Waals surface area contributed by atoms with Crippen LogP contribution in [0.4, 0.5) is 9.18 Å². The summed E-state index contributed by atoms with van der Waals surface area (Å²) in [7, 11) is 0. The molecule has 37 heavy (non-hydrogen) atoms. The average molecular weight is 509 g/mol. The summed E-state index contributed by atoms with van der Waals surface area (Å²) in [5.41, 5.74) is 4.25. The summed E-state index contributed by atoms with van der Waals surface area (Å²) in [6.07, 6.45) is 4.06. The summed E-state index contributed by atoms with van der Waals surface area (Å²) >= 11 is 0. The number of halogens is 1. The van der Waals surface area contributed by atoms with Crippen LogP contribution in [0.2, 0.25) is 0 Å². The maximum Gasteiger partial charge on any atom is 0.410 e. The van der Waals surface area contributed by atoms with Crippen LogP contribution in [0.15, 0.2) is 36.7 Å². The summed E-state index contributed by atoms with van der Waals surface area (Å²) in [6.45, 7) is 15.2. The van der Waals surface area contributed by atoms with Crippen molar-refractivity contribution in [3.63, 3.8) is 0 Å². The lowest BCUT2D eigenvalue weighted by Crippen LogP contribution is -2.52. The van der Waals surface area contributed by atoms with Gasteiger partial charge in [0.25, 0.3) is 5.91 Å². The van der Waals surface area contributed by atoms with Crippen molar-refractivity contribution in [2.24, 2.45) is 5.92 Å². The molecule has 1 aromatic carbocycles. The molecule has 0 aliphatic carbocycles. The van der Waals surface area contributed by atoms with Crippen LogP contribution < -0.4 is 0 Å². The predicted molar refractivity (Wildman–Crippen MR) is 142 cm³/mol. The molecule has 3 heterocycles. The molecule has 0 unspecified atom stereocenters. The van der Waals surface area contributed by atoms with Crippen molar-refractivity contribution >= 4 is 17.5 Å². The first-order valence-electron chi connectivity index (χ1n) is 12.9. The van der Waals surface area contributed by atoms with Crippen LogP contribution in [0.5, 0.6) is 0 Å². The van der Waals surface area contributed by atoms with Gasteiger partial charge in [-0.2, -0.15) is 0 Å². The molecule has 2 aromatic heterocycles. The zero-order valence-corrected chi connectivity index (χ0v) is 22.8. The Balaban J connectivity index is 1.69. The van der Waals surface area contributed by atoms with E-state index in [9.17, 15) is 14.0 Å². The fourth-order valence-electron chi connectivity index (χ4n) is 5.06. The molecule has 0 radical (unpaired) electrons. The van der Waals surface area contributed by atoms with E-state index in [1.54, 1.807) is 22.1 Å². The number of amides is 2. The van der Waals surface area contributed by atoms with Gasteiger partial charge in [0, 0.05) is 48.8 Å². The van der Waals surface area contributed by atoms with Crippen molar-refractivity contribution in [2.75, 3.05) is 19.6 Å². The topological polar surface area (TPSA) is 67.2 Å². The minimum atomic E-state index is -0.522. The first-order chi connectivity index (χ1) is 17.4. The van der Waals surface area contributed by atoms with Crippen LogP contribution in [-0.4, -0.2) is 62.5 Å². The van der Waals surface area contributed by atoms with Gasteiger partial charge in [-0.3, -0.25) is 9.78 Å². The zero-order valence-electron chi connectivity index (χ0n) is 22.8. The van der Waals surface area contributed by atoms with Gasteiger partial charge in [0.2, 0.25) is 0 Å². The molecule has 0 atom stereocenters. The molecule has 0 saturated carbocycles. The molecule has 1 aliphatic heterocycles. The van der Waals surface area contributed by atoms with E-state index in [0.717, 1.165) is 28.9 Å². The number of nitrogens with zero attached hydrogens (tertiary/aromatic N) is 4. The number of aromatic nitrogens is 2. The van der Waals surface area contributed by atoms with E-state index in [4.69, 9.17) is 4.74 Å². The lowest BCUT2D eigenvalue weighted by molar-refractivity contribution is -0.00104. The number of carbonyl (C=O) groups is 2. The van der Waals surface area contributed by atoms with E-state index in [0.29, 0.717) is 30.8 Å². The van der Waals surface area contributed by atoms with Crippen molar-refractivity contribution in [3.05, 3.63) is 59.4 Å². The maximum absolute atomic E-state index is 14.4. The van der Waals surface area contributed by atoms with Gasteiger partial charge in [-0.15, -0.1) is 0 Å². The maximum atomic E-state index is 14.4. The van der Waals surface area contributed by atoms with Gasteiger partial charge in [0.05, 0.1) is 17.3 Å². The third kappa shape index (κ3) is 5.48.